The quantitative estimate of drug-likeness (QED) is 0.469. The number of morpholine rings is 1. The summed E-state index contributed by atoms with van der Waals surface area (Å²) in [5.41, 5.74) is 2.86. The van der Waals surface area contributed by atoms with E-state index in [0.717, 1.165) is 37.6 Å². The zero-order chi connectivity index (χ0) is 25.2. The van der Waals surface area contributed by atoms with Crippen molar-refractivity contribution in [3.8, 4) is 11.5 Å². The Morgan fingerprint density at radius 1 is 0.889 bits per heavy atom. The topological polar surface area (TPSA) is 80.3 Å². The molecule has 0 aromatic heterocycles. The Hall–Kier alpha value is -4.04. The Morgan fingerprint density at radius 3 is 2.19 bits per heavy atom. The van der Waals surface area contributed by atoms with Gasteiger partial charge >= 0.3 is 0 Å². The van der Waals surface area contributed by atoms with E-state index in [1.165, 1.54) is 4.90 Å². The Bertz CT molecular complexity index is 1110. The molecule has 8 heteroatoms. The van der Waals surface area contributed by atoms with Crippen molar-refractivity contribution in [3.63, 3.8) is 0 Å². The van der Waals surface area contributed by atoms with Crippen LogP contribution in [0.3, 0.4) is 0 Å². The summed E-state index contributed by atoms with van der Waals surface area (Å²) in [5, 5.41) is 2.83. The first-order valence-electron chi connectivity index (χ1n) is 11.9. The molecule has 0 spiro atoms. The predicted molar refractivity (Wildman–Crippen MR) is 138 cm³/mol. The third-order valence-corrected chi connectivity index (χ3v) is 5.77. The summed E-state index contributed by atoms with van der Waals surface area (Å²) in [7, 11) is 1.58. The second-order valence-electron chi connectivity index (χ2n) is 8.48. The second kappa shape index (κ2) is 12.6. The number of carbonyl (C=O) groups excluding carboxylic acids is 2. The van der Waals surface area contributed by atoms with E-state index in [9.17, 15) is 9.59 Å². The highest BCUT2D eigenvalue weighted by molar-refractivity contribution is 5.94. The van der Waals surface area contributed by atoms with Crippen LogP contribution in [0.4, 0.5) is 11.4 Å². The van der Waals surface area contributed by atoms with Crippen LogP contribution in [0.25, 0.3) is 0 Å². The lowest BCUT2D eigenvalue weighted by molar-refractivity contribution is -0.135. The Kier molecular flexibility index (Phi) is 8.77. The van der Waals surface area contributed by atoms with E-state index >= 15 is 0 Å². The van der Waals surface area contributed by atoms with Crippen LogP contribution in [0.1, 0.15) is 5.56 Å². The molecule has 3 aromatic rings. The van der Waals surface area contributed by atoms with Gasteiger partial charge in [-0.05, 0) is 54.1 Å². The number of hydrogen-bond donors (Lipinski definition) is 1. The van der Waals surface area contributed by atoms with Gasteiger partial charge in [0.2, 0.25) is 5.91 Å². The zero-order valence-electron chi connectivity index (χ0n) is 20.4. The van der Waals surface area contributed by atoms with Gasteiger partial charge in [-0.15, -0.1) is 0 Å². The lowest BCUT2D eigenvalue weighted by atomic mass is 10.2. The van der Waals surface area contributed by atoms with E-state index < -0.39 is 0 Å². The number of rotatable bonds is 10. The summed E-state index contributed by atoms with van der Waals surface area (Å²) in [6.07, 6.45) is 0. The third-order valence-electron chi connectivity index (χ3n) is 5.77. The molecular weight excluding hydrogens is 458 g/mol. The SMILES string of the molecule is CN(CC(=O)Nc1ccc(N2CCOCC2)cc1)C(=O)COc1ccc(OCc2ccccc2)cc1. The molecule has 0 aliphatic carbocycles. The van der Waals surface area contributed by atoms with E-state index in [0.29, 0.717) is 23.8 Å². The molecule has 8 nitrogen and oxygen atoms in total. The van der Waals surface area contributed by atoms with Crippen LogP contribution in [0.5, 0.6) is 11.5 Å². The van der Waals surface area contributed by atoms with E-state index in [2.05, 4.69) is 10.2 Å². The fraction of sp³-hybridized carbons (Fsp3) is 0.286. The number of nitrogens with zero attached hydrogens (tertiary/aromatic N) is 2. The van der Waals surface area contributed by atoms with Crippen molar-refractivity contribution in [1.29, 1.82) is 0 Å². The minimum Gasteiger partial charge on any atom is -0.489 e. The van der Waals surface area contributed by atoms with Gasteiger partial charge in [0.15, 0.2) is 6.61 Å². The van der Waals surface area contributed by atoms with Crippen LogP contribution >= 0.6 is 0 Å². The highest BCUT2D eigenvalue weighted by Crippen LogP contribution is 2.20. The molecule has 0 atom stereocenters. The van der Waals surface area contributed by atoms with Gasteiger partial charge in [-0.25, -0.2) is 0 Å². The predicted octanol–water partition coefficient (Wildman–Crippen LogP) is 3.58. The molecule has 1 heterocycles. The molecule has 1 saturated heterocycles. The van der Waals surface area contributed by atoms with Crippen LogP contribution in [0.2, 0.25) is 0 Å². The van der Waals surface area contributed by atoms with Gasteiger partial charge in [0, 0.05) is 31.5 Å². The molecule has 2 amide bonds. The molecule has 4 rings (SSSR count). The lowest BCUT2D eigenvalue weighted by Gasteiger charge is -2.28. The number of anilines is 2. The Labute approximate surface area is 211 Å². The number of nitrogens with one attached hydrogen (secondary N) is 1. The number of benzene rings is 3. The van der Waals surface area contributed by atoms with Crippen molar-refractivity contribution in [2.75, 3.05) is 56.7 Å². The standard InChI is InChI=1S/C28H31N3O5/c1-30(19-27(32)29-23-7-9-24(10-8-23)31-15-17-34-18-16-31)28(33)21-36-26-13-11-25(12-14-26)35-20-22-5-3-2-4-6-22/h2-14H,15-21H2,1H3,(H,29,32). The van der Waals surface area contributed by atoms with Crippen molar-refractivity contribution in [2.45, 2.75) is 6.61 Å². The molecule has 0 radical (unpaired) electrons. The molecule has 0 bridgehead atoms. The Morgan fingerprint density at radius 2 is 1.53 bits per heavy atom. The van der Waals surface area contributed by atoms with Crippen LogP contribution in [0, 0.1) is 0 Å². The molecule has 188 valence electrons. The smallest absolute Gasteiger partial charge is 0.260 e. The number of carbonyl (C=O) groups is 2. The maximum Gasteiger partial charge on any atom is 0.260 e. The molecule has 0 saturated carbocycles. The highest BCUT2D eigenvalue weighted by atomic mass is 16.5. The Balaban J connectivity index is 1.17. The van der Waals surface area contributed by atoms with Crippen LogP contribution < -0.4 is 19.7 Å². The maximum absolute atomic E-state index is 12.4. The highest BCUT2D eigenvalue weighted by Gasteiger charge is 2.15. The number of ether oxygens (including phenoxy) is 3. The van der Waals surface area contributed by atoms with Crippen molar-refractivity contribution in [2.24, 2.45) is 0 Å². The van der Waals surface area contributed by atoms with Crippen molar-refractivity contribution < 1.29 is 23.8 Å². The van der Waals surface area contributed by atoms with Crippen molar-refractivity contribution >= 4 is 23.2 Å². The number of hydrogen-bond acceptors (Lipinski definition) is 6. The van der Waals surface area contributed by atoms with Crippen molar-refractivity contribution in [1.82, 2.24) is 4.90 Å². The number of likely N-dealkylation sites (N-methyl/N-ethyl adjacent to an activating group) is 1. The van der Waals surface area contributed by atoms with E-state index in [1.807, 2.05) is 54.6 Å². The monoisotopic (exact) mass is 489 g/mol. The van der Waals surface area contributed by atoms with Gasteiger partial charge in [0.1, 0.15) is 18.1 Å². The second-order valence-corrected chi connectivity index (χ2v) is 8.48. The summed E-state index contributed by atoms with van der Waals surface area (Å²) in [6, 6.07) is 24.7. The minimum absolute atomic E-state index is 0.0698. The fourth-order valence-electron chi connectivity index (χ4n) is 3.71. The van der Waals surface area contributed by atoms with Gasteiger partial charge in [-0.3, -0.25) is 9.59 Å². The summed E-state index contributed by atoms with van der Waals surface area (Å²) >= 11 is 0. The van der Waals surface area contributed by atoms with E-state index in [-0.39, 0.29) is 25.0 Å². The third kappa shape index (κ3) is 7.48. The molecule has 1 aliphatic heterocycles. The molecule has 1 fully saturated rings. The summed E-state index contributed by atoms with van der Waals surface area (Å²) in [5.74, 6) is 0.694. The zero-order valence-corrected chi connectivity index (χ0v) is 20.4. The van der Waals surface area contributed by atoms with E-state index in [1.54, 1.807) is 31.3 Å². The first-order chi connectivity index (χ1) is 17.6. The molecule has 3 aromatic carbocycles. The average Bonchev–Trinajstić information content (AvgIpc) is 2.92. The largest absolute Gasteiger partial charge is 0.489 e. The molecule has 36 heavy (non-hydrogen) atoms. The van der Waals surface area contributed by atoms with Crippen LogP contribution in [-0.2, 0) is 20.9 Å². The molecular formula is C28H31N3O5. The van der Waals surface area contributed by atoms with Crippen LogP contribution in [-0.4, -0.2) is 63.2 Å². The van der Waals surface area contributed by atoms with Crippen LogP contribution in [0.15, 0.2) is 78.9 Å². The normalized spacial score (nSPS) is 13.1. The maximum atomic E-state index is 12.4. The van der Waals surface area contributed by atoms with Gasteiger partial charge in [0.05, 0.1) is 19.8 Å². The molecule has 1 aliphatic rings. The van der Waals surface area contributed by atoms with Gasteiger partial charge in [-0.2, -0.15) is 0 Å². The van der Waals surface area contributed by atoms with Gasteiger partial charge in [0.25, 0.3) is 5.91 Å². The number of amides is 2. The average molecular weight is 490 g/mol. The van der Waals surface area contributed by atoms with Gasteiger partial charge in [-0.1, -0.05) is 30.3 Å². The summed E-state index contributed by atoms with van der Waals surface area (Å²) in [4.78, 5) is 28.4. The van der Waals surface area contributed by atoms with Crippen molar-refractivity contribution in [3.05, 3.63) is 84.4 Å². The summed E-state index contributed by atoms with van der Waals surface area (Å²) in [6.45, 7) is 3.39. The van der Waals surface area contributed by atoms with Gasteiger partial charge < -0.3 is 29.3 Å². The first kappa shape index (κ1) is 25.1. The minimum atomic E-state index is -0.294. The molecule has 0 unspecified atom stereocenters. The lowest BCUT2D eigenvalue weighted by Crippen LogP contribution is -2.37. The fourth-order valence-corrected chi connectivity index (χ4v) is 3.71. The molecule has 1 N–H and O–H groups in total. The van der Waals surface area contributed by atoms with E-state index in [4.69, 9.17) is 14.2 Å². The first-order valence-corrected chi connectivity index (χ1v) is 11.9. The summed E-state index contributed by atoms with van der Waals surface area (Å²) < 4.78 is 16.7.